The van der Waals surface area contributed by atoms with Crippen molar-refractivity contribution in [1.29, 1.82) is 0 Å². The quantitative estimate of drug-likeness (QED) is 0.545. The highest BCUT2D eigenvalue weighted by Crippen LogP contribution is 2.24. The fourth-order valence-electron chi connectivity index (χ4n) is 1.83. The average Bonchev–Trinajstić information content (AvgIpc) is 2.49. The van der Waals surface area contributed by atoms with Gasteiger partial charge >= 0.3 is 0 Å². The van der Waals surface area contributed by atoms with Gasteiger partial charge in [-0.25, -0.2) is 4.98 Å². The molecule has 1 aromatic heterocycles. The molecular formula is C16H17Cl2N3S2. The number of nitrogens with zero attached hydrogens (tertiary/aromatic N) is 1. The van der Waals surface area contributed by atoms with Crippen LogP contribution < -0.4 is 10.6 Å². The van der Waals surface area contributed by atoms with Crippen LogP contribution in [0.4, 0.5) is 5.82 Å². The van der Waals surface area contributed by atoms with Crippen LogP contribution in [-0.4, -0.2) is 22.4 Å². The second-order valence-corrected chi connectivity index (χ2v) is 7.19. The Hall–Kier alpha value is -1.01. The molecule has 23 heavy (non-hydrogen) atoms. The minimum absolute atomic E-state index is 0.577. The van der Waals surface area contributed by atoms with Gasteiger partial charge in [0.05, 0.1) is 0 Å². The number of hydrogen-bond donors (Lipinski definition) is 2. The molecule has 2 N–H and O–H groups in total. The van der Waals surface area contributed by atoms with Crippen LogP contribution in [0.2, 0.25) is 10.0 Å². The SMILES string of the molecule is Cc1cccc(NC(=S)NCCSCc2ccc(Cl)cc2Cl)n1. The van der Waals surface area contributed by atoms with Gasteiger partial charge < -0.3 is 10.6 Å². The van der Waals surface area contributed by atoms with E-state index in [0.29, 0.717) is 15.2 Å². The summed E-state index contributed by atoms with van der Waals surface area (Å²) in [4.78, 5) is 4.34. The van der Waals surface area contributed by atoms with Gasteiger partial charge in [-0.3, -0.25) is 0 Å². The van der Waals surface area contributed by atoms with Gasteiger partial charge in [0, 0.05) is 33.8 Å². The molecule has 7 heteroatoms. The lowest BCUT2D eigenvalue weighted by molar-refractivity contribution is 0.987. The third-order valence-corrected chi connectivity index (χ3v) is 4.78. The Morgan fingerprint density at radius 1 is 1.26 bits per heavy atom. The predicted molar refractivity (Wildman–Crippen MR) is 106 cm³/mol. The first-order valence-electron chi connectivity index (χ1n) is 7.05. The second-order valence-electron chi connectivity index (χ2n) is 4.83. The van der Waals surface area contributed by atoms with Gasteiger partial charge in [-0.1, -0.05) is 35.3 Å². The van der Waals surface area contributed by atoms with Crippen molar-refractivity contribution >= 4 is 58.1 Å². The Morgan fingerprint density at radius 2 is 2.09 bits per heavy atom. The highest BCUT2D eigenvalue weighted by atomic mass is 35.5. The molecule has 0 radical (unpaired) electrons. The number of nitrogens with one attached hydrogen (secondary N) is 2. The third kappa shape index (κ3) is 6.55. The molecule has 0 aliphatic heterocycles. The molecule has 0 fully saturated rings. The Kier molecular flexibility index (Phi) is 7.43. The molecule has 1 heterocycles. The van der Waals surface area contributed by atoms with Gasteiger partial charge in [-0.2, -0.15) is 11.8 Å². The predicted octanol–water partition coefficient (Wildman–Crippen LogP) is 4.92. The van der Waals surface area contributed by atoms with E-state index >= 15 is 0 Å². The van der Waals surface area contributed by atoms with Gasteiger partial charge in [-0.15, -0.1) is 0 Å². The van der Waals surface area contributed by atoms with E-state index in [1.165, 1.54) is 0 Å². The Labute approximate surface area is 156 Å². The topological polar surface area (TPSA) is 37.0 Å². The molecule has 0 amide bonds. The van der Waals surface area contributed by atoms with E-state index in [9.17, 15) is 0 Å². The summed E-state index contributed by atoms with van der Waals surface area (Å²) >= 11 is 19.1. The molecule has 2 aromatic rings. The Bertz CT molecular complexity index is 680. The van der Waals surface area contributed by atoms with E-state index < -0.39 is 0 Å². The second kappa shape index (κ2) is 9.33. The van der Waals surface area contributed by atoms with Crippen LogP contribution in [0.25, 0.3) is 0 Å². The number of aromatic nitrogens is 1. The van der Waals surface area contributed by atoms with Crippen LogP contribution in [0.3, 0.4) is 0 Å². The number of hydrogen-bond acceptors (Lipinski definition) is 3. The maximum atomic E-state index is 6.14. The third-order valence-electron chi connectivity index (χ3n) is 2.93. The van der Waals surface area contributed by atoms with Crippen LogP contribution in [0.15, 0.2) is 36.4 Å². The highest BCUT2D eigenvalue weighted by Gasteiger charge is 2.02. The summed E-state index contributed by atoms with van der Waals surface area (Å²) in [6.07, 6.45) is 0. The number of thiocarbonyl (C=S) groups is 1. The Balaban J connectivity index is 1.66. The number of thioether (sulfide) groups is 1. The van der Waals surface area contributed by atoms with E-state index in [-0.39, 0.29) is 0 Å². The summed E-state index contributed by atoms with van der Waals surface area (Å²) in [5, 5.41) is 8.18. The maximum Gasteiger partial charge on any atom is 0.171 e. The molecule has 2 rings (SSSR count). The van der Waals surface area contributed by atoms with Crippen molar-refractivity contribution in [2.45, 2.75) is 12.7 Å². The van der Waals surface area contributed by atoms with Crippen molar-refractivity contribution in [3.63, 3.8) is 0 Å². The largest absolute Gasteiger partial charge is 0.362 e. The first-order chi connectivity index (χ1) is 11.0. The number of pyridine rings is 1. The molecule has 0 aliphatic rings. The fourth-order valence-corrected chi connectivity index (χ4v) is 3.45. The monoisotopic (exact) mass is 385 g/mol. The number of aryl methyl sites for hydroxylation is 1. The van der Waals surface area contributed by atoms with Crippen molar-refractivity contribution in [2.24, 2.45) is 0 Å². The minimum atomic E-state index is 0.577. The van der Waals surface area contributed by atoms with E-state index in [0.717, 1.165) is 35.1 Å². The van der Waals surface area contributed by atoms with Crippen LogP contribution in [-0.2, 0) is 5.75 Å². The van der Waals surface area contributed by atoms with Gasteiger partial charge in [0.1, 0.15) is 5.82 Å². The number of halogens is 2. The van der Waals surface area contributed by atoms with Crippen molar-refractivity contribution in [3.05, 3.63) is 57.7 Å². The van der Waals surface area contributed by atoms with E-state index in [1.807, 2.05) is 37.3 Å². The summed E-state index contributed by atoms with van der Waals surface area (Å²) in [6.45, 7) is 2.72. The number of anilines is 1. The average molecular weight is 386 g/mol. The van der Waals surface area contributed by atoms with Crippen molar-refractivity contribution in [1.82, 2.24) is 10.3 Å². The zero-order valence-electron chi connectivity index (χ0n) is 12.6. The fraction of sp³-hybridized carbons (Fsp3) is 0.250. The van der Waals surface area contributed by atoms with Crippen LogP contribution in [0.5, 0.6) is 0 Å². The molecule has 3 nitrogen and oxygen atoms in total. The standard InChI is InChI=1S/C16H17Cl2N3S2/c1-11-3-2-4-15(20-11)21-16(22)19-7-8-23-10-12-5-6-13(17)9-14(12)18/h2-6,9H,7-8,10H2,1H3,(H2,19,20,21,22). The molecule has 122 valence electrons. The summed E-state index contributed by atoms with van der Waals surface area (Å²) in [7, 11) is 0. The van der Waals surface area contributed by atoms with Gasteiger partial charge in [-0.05, 0) is 49.0 Å². The zero-order valence-corrected chi connectivity index (χ0v) is 15.7. The van der Waals surface area contributed by atoms with Crippen LogP contribution in [0, 0.1) is 6.92 Å². The molecule has 1 aromatic carbocycles. The van der Waals surface area contributed by atoms with Gasteiger partial charge in [0.25, 0.3) is 0 Å². The van der Waals surface area contributed by atoms with Gasteiger partial charge in [0.15, 0.2) is 5.11 Å². The lowest BCUT2D eigenvalue weighted by atomic mass is 10.2. The molecular weight excluding hydrogens is 369 g/mol. The van der Waals surface area contributed by atoms with Crippen LogP contribution >= 0.6 is 47.2 Å². The first-order valence-corrected chi connectivity index (χ1v) is 9.36. The molecule has 0 bridgehead atoms. The van der Waals surface area contributed by atoms with E-state index in [4.69, 9.17) is 35.4 Å². The van der Waals surface area contributed by atoms with Crippen molar-refractivity contribution in [2.75, 3.05) is 17.6 Å². The molecule has 0 saturated carbocycles. The Morgan fingerprint density at radius 3 is 2.83 bits per heavy atom. The zero-order chi connectivity index (χ0) is 16.7. The van der Waals surface area contributed by atoms with E-state index in [1.54, 1.807) is 17.8 Å². The summed E-state index contributed by atoms with van der Waals surface area (Å²) in [6, 6.07) is 11.4. The molecule has 0 atom stereocenters. The number of benzene rings is 1. The van der Waals surface area contributed by atoms with E-state index in [2.05, 4.69) is 15.6 Å². The lowest BCUT2D eigenvalue weighted by Gasteiger charge is -2.10. The smallest absolute Gasteiger partial charge is 0.171 e. The highest BCUT2D eigenvalue weighted by molar-refractivity contribution is 7.98. The maximum absolute atomic E-state index is 6.14. The summed E-state index contributed by atoms with van der Waals surface area (Å²) in [5.41, 5.74) is 2.04. The van der Waals surface area contributed by atoms with Crippen molar-refractivity contribution in [3.8, 4) is 0 Å². The summed E-state index contributed by atoms with van der Waals surface area (Å²) < 4.78 is 0. The van der Waals surface area contributed by atoms with Crippen LogP contribution in [0.1, 0.15) is 11.3 Å². The minimum Gasteiger partial charge on any atom is -0.362 e. The lowest BCUT2D eigenvalue weighted by Crippen LogP contribution is -2.30. The molecule has 0 aliphatic carbocycles. The molecule has 0 saturated heterocycles. The summed E-state index contributed by atoms with van der Waals surface area (Å²) in [5.74, 6) is 2.52. The number of rotatable bonds is 6. The normalized spacial score (nSPS) is 10.4. The van der Waals surface area contributed by atoms with Gasteiger partial charge in [0.2, 0.25) is 0 Å². The van der Waals surface area contributed by atoms with Crippen molar-refractivity contribution < 1.29 is 0 Å². The molecule has 0 spiro atoms. The first kappa shape index (κ1) is 18.3. The molecule has 0 unspecified atom stereocenters.